The van der Waals surface area contributed by atoms with Crippen molar-refractivity contribution in [3.05, 3.63) is 16.6 Å². The van der Waals surface area contributed by atoms with Gasteiger partial charge in [0, 0.05) is 13.1 Å². The van der Waals surface area contributed by atoms with Crippen molar-refractivity contribution in [2.45, 2.75) is 25.7 Å². The zero-order valence-electron chi connectivity index (χ0n) is 11.5. The number of likely N-dealkylation sites (tertiary alicyclic amines) is 1. The summed E-state index contributed by atoms with van der Waals surface area (Å²) in [6.45, 7) is 4.10. The Morgan fingerprint density at radius 1 is 1.25 bits per heavy atom. The third kappa shape index (κ3) is 2.98. The number of anilines is 1. The van der Waals surface area contributed by atoms with Crippen molar-refractivity contribution in [1.29, 1.82) is 0 Å². The fourth-order valence-corrected chi connectivity index (χ4v) is 2.62. The summed E-state index contributed by atoms with van der Waals surface area (Å²) in [6, 6.07) is 0. The molecule has 2 aromatic rings. The van der Waals surface area contributed by atoms with Gasteiger partial charge in [-0.15, -0.1) is 0 Å². The fourth-order valence-electron chi connectivity index (χ4n) is 2.62. The fraction of sp³-hybridized carbons (Fsp3) is 0.615. The van der Waals surface area contributed by atoms with Crippen LogP contribution in [0.25, 0.3) is 11.0 Å². The molecule has 0 aromatic carbocycles. The Kier molecular flexibility index (Phi) is 3.96. The summed E-state index contributed by atoms with van der Waals surface area (Å²) in [4.78, 5) is 21.3. The molecule has 0 radical (unpaired) electrons. The number of nitrogens with one attached hydrogen (secondary N) is 3. The second kappa shape index (κ2) is 6.04. The average molecular weight is 276 g/mol. The second-order valence-corrected chi connectivity index (χ2v) is 5.23. The molecule has 108 valence electrons. The maximum Gasteiger partial charge on any atom is 0.263 e. The van der Waals surface area contributed by atoms with Gasteiger partial charge in [0.15, 0.2) is 5.65 Å². The lowest BCUT2D eigenvalue weighted by atomic mass is 10.2. The zero-order valence-corrected chi connectivity index (χ0v) is 11.5. The highest BCUT2D eigenvalue weighted by Gasteiger charge is 2.09. The average Bonchev–Trinajstić information content (AvgIpc) is 2.76. The van der Waals surface area contributed by atoms with Gasteiger partial charge >= 0.3 is 0 Å². The van der Waals surface area contributed by atoms with E-state index in [2.05, 4.69) is 30.4 Å². The normalized spacial score (nSPS) is 17.2. The number of H-pyrrole nitrogens is 2. The number of hydrogen-bond acceptors (Lipinski definition) is 5. The van der Waals surface area contributed by atoms with Crippen LogP contribution < -0.4 is 10.9 Å². The van der Waals surface area contributed by atoms with Crippen molar-refractivity contribution in [3.8, 4) is 0 Å². The predicted molar refractivity (Wildman–Crippen MR) is 77.9 cm³/mol. The van der Waals surface area contributed by atoms with E-state index in [1.54, 1.807) is 0 Å². The Hall–Kier alpha value is -1.89. The van der Waals surface area contributed by atoms with Crippen LogP contribution in [0.5, 0.6) is 0 Å². The number of nitrogens with zero attached hydrogens (tertiary/aromatic N) is 3. The Morgan fingerprint density at radius 2 is 2.05 bits per heavy atom. The number of rotatable bonds is 4. The number of hydrogen-bond donors (Lipinski definition) is 3. The van der Waals surface area contributed by atoms with E-state index in [4.69, 9.17) is 0 Å². The number of aromatic nitrogens is 4. The van der Waals surface area contributed by atoms with Crippen molar-refractivity contribution < 1.29 is 0 Å². The Balaban J connectivity index is 1.57. The standard InChI is InChI=1S/C13H20N6O/c20-12-10-9-15-18-11(10)16-13(17-12)14-5-8-19-6-3-1-2-4-7-19/h9H,1-8H2,(H3,14,15,16,17,18,20). The summed E-state index contributed by atoms with van der Waals surface area (Å²) in [6.07, 6.45) is 6.75. The summed E-state index contributed by atoms with van der Waals surface area (Å²) < 4.78 is 0. The molecule has 7 heteroatoms. The first kappa shape index (κ1) is 13.1. The lowest BCUT2D eigenvalue weighted by Gasteiger charge is -2.19. The minimum Gasteiger partial charge on any atom is -0.354 e. The molecule has 1 aliphatic heterocycles. The van der Waals surface area contributed by atoms with Crippen LogP contribution in [0.15, 0.2) is 11.0 Å². The van der Waals surface area contributed by atoms with Crippen molar-refractivity contribution >= 4 is 17.0 Å². The number of fused-ring (bicyclic) bond motifs is 1. The van der Waals surface area contributed by atoms with E-state index in [0.717, 1.165) is 13.1 Å². The van der Waals surface area contributed by atoms with Crippen LogP contribution in [0.2, 0.25) is 0 Å². The van der Waals surface area contributed by atoms with E-state index in [1.807, 2.05) is 0 Å². The topological polar surface area (TPSA) is 89.7 Å². The molecule has 0 spiro atoms. The Morgan fingerprint density at radius 3 is 2.85 bits per heavy atom. The largest absolute Gasteiger partial charge is 0.354 e. The summed E-state index contributed by atoms with van der Waals surface area (Å²) in [5.41, 5.74) is 0.354. The van der Waals surface area contributed by atoms with Crippen molar-refractivity contribution in [3.63, 3.8) is 0 Å². The molecule has 0 saturated carbocycles. The highest BCUT2D eigenvalue weighted by atomic mass is 16.1. The summed E-state index contributed by atoms with van der Waals surface area (Å²) in [5, 5.41) is 10.2. The quantitative estimate of drug-likeness (QED) is 0.773. The minimum absolute atomic E-state index is 0.166. The smallest absolute Gasteiger partial charge is 0.263 e. The van der Waals surface area contributed by atoms with Gasteiger partial charge in [0.2, 0.25) is 5.95 Å². The molecule has 0 atom stereocenters. The molecule has 2 aromatic heterocycles. The molecular weight excluding hydrogens is 256 g/mol. The van der Waals surface area contributed by atoms with Crippen molar-refractivity contribution in [1.82, 2.24) is 25.1 Å². The molecule has 20 heavy (non-hydrogen) atoms. The first-order chi connectivity index (χ1) is 9.83. The summed E-state index contributed by atoms with van der Waals surface area (Å²) >= 11 is 0. The molecule has 0 bridgehead atoms. The highest BCUT2D eigenvalue weighted by Crippen LogP contribution is 2.09. The maximum absolute atomic E-state index is 11.8. The van der Waals surface area contributed by atoms with Crippen LogP contribution in [0.3, 0.4) is 0 Å². The Labute approximate surface area is 116 Å². The molecule has 3 N–H and O–H groups in total. The van der Waals surface area contributed by atoms with Gasteiger partial charge in [-0.2, -0.15) is 10.1 Å². The first-order valence-corrected chi connectivity index (χ1v) is 7.22. The second-order valence-electron chi connectivity index (χ2n) is 5.23. The number of aromatic amines is 2. The van der Waals surface area contributed by atoms with Crippen LogP contribution in [0.1, 0.15) is 25.7 Å². The van der Waals surface area contributed by atoms with Crippen LogP contribution in [-0.2, 0) is 0 Å². The van der Waals surface area contributed by atoms with Crippen LogP contribution in [0.4, 0.5) is 5.95 Å². The van der Waals surface area contributed by atoms with E-state index in [9.17, 15) is 4.79 Å². The molecule has 3 heterocycles. The monoisotopic (exact) mass is 276 g/mol. The van der Waals surface area contributed by atoms with E-state index in [-0.39, 0.29) is 5.56 Å². The van der Waals surface area contributed by atoms with Gasteiger partial charge < -0.3 is 10.2 Å². The van der Waals surface area contributed by atoms with Crippen molar-refractivity contribution in [2.24, 2.45) is 0 Å². The predicted octanol–water partition coefficient (Wildman–Crippen LogP) is 0.934. The van der Waals surface area contributed by atoms with Gasteiger partial charge in [0.1, 0.15) is 5.39 Å². The summed E-state index contributed by atoms with van der Waals surface area (Å²) in [5.74, 6) is 0.501. The molecular formula is C13H20N6O. The van der Waals surface area contributed by atoms with E-state index in [1.165, 1.54) is 45.0 Å². The van der Waals surface area contributed by atoms with E-state index < -0.39 is 0 Å². The third-order valence-electron chi connectivity index (χ3n) is 3.74. The van der Waals surface area contributed by atoms with E-state index in [0.29, 0.717) is 17.0 Å². The van der Waals surface area contributed by atoms with Crippen LogP contribution >= 0.6 is 0 Å². The molecule has 7 nitrogen and oxygen atoms in total. The molecule has 3 rings (SSSR count). The van der Waals surface area contributed by atoms with Gasteiger partial charge in [0.05, 0.1) is 6.20 Å². The molecule has 0 unspecified atom stereocenters. The maximum atomic E-state index is 11.8. The highest BCUT2D eigenvalue weighted by molar-refractivity contribution is 5.73. The van der Waals surface area contributed by atoms with Crippen molar-refractivity contribution in [2.75, 3.05) is 31.5 Å². The molecule has 0 aliphatic carbocycles. The van der Waals surface area contributed by atoms with Gasteiger partial charge in [-0.25, -0.2) is 0 Å². The van der Waals surface area contributed by atoms with Crippen LogP contribution in [-0.4, -0.2) is 51.2 Å². The zero-order chi connectivity index (χ0) is 13.8. The molecule has 1 saturated heterocycles. The molecule has 0 amide bonds. The van der Waals surface area contributed by atoms with Crippen LogP contribution in [0, 0.1) is 0 Å². The third-order valence-corrected chi connectivity index (χ3v) is 3.74. The lowest BCUT2D eigenvalue weighted by Crippen LogP contribution is -2.30. The molecule has 1 aliphatic rings. The minimum atomic E-state index is -0.166. The summed E-state index contributed by atoms with van der Waals surface area (Å²) in [7, 11) is 0. The first-order valence-electron chi connectivity index (χ1n) is 7.22. The van der Waals surface area contributed by atoms with Gasteiger partial charge in [0.25, 0.3) is 5.56 Å². The lowest BCUT2D eigenvalue weighted by molar-refractivity contribution is 0.296. The van der Waals surface area contributed by atoms with Gasteiger partial charge in [-0.1, -0.05) is 12.8 Å². The SMILES string of the molecule is O=c1[nH]c(NCCN2CCCCCC2)nc2[nH]ncc12. The Bertz CT molecular complexity index is 611. The molecule has 1 fully saturated rings. The van der Waals surface area contributed by atoms with Gasteiger partial charge in [-0.3, -0.25) is 14.9 Å². The van der Waals surface area contributed by atoms with E-state index >= 15 is 0 Å². The van der Waals surface area contributed by atoms with Gasteiger partial charge in [-0.05, 0) is 25.9 Å².